The molecule has 1 heterocycles. The Balaban J connectivity index is 2.69. The fourth-order valence-electron chi connectivity index (χ4n) is 1.29. The minimum atomic E-state index is -0.468. The van der Waals surface area contributed by atoms with Crippen molar-refractivity contribution < 1.29 is 4.79 Å². The molecule has 1 unspecified atom stereocenters. The third kappa shape index (κ3) is 3.02. The van der Waals surface area contributed by atoms with E-state index in [0.29, 0.717) is 5.95 Å². The molecule has 4 N–H and O–H groups in total. The summed E-state index contributed by atoms with van der Waals surface area (Å²) in [6.07, 6.45) is 3.18. The highest BCUT2D eigenvalue weighted by Gasteiger charge is 2.25. The van der Waals surface area contributed by atoms with Crippen LogP contribution in [0.15, 0.2) is 12.4 Å². The standard InChI is InChI=1S/C9H14N4OS/c1-5(2)6(7(10)15)8(14)13-9-11-3-4-12-9/h3-6H,1-2H3,(H2,10,15)(H2,11,12,13,14). The number of carbonyl (C=O) groups is 1. The Hall–Kier alpha value is -1.43. The van der Waals surface area contributed by atoms with E-state index in [-0.39, 0.29) is 16.8 Å². The minimum absolute atomic E-state index is 0.0671. The van der Waals surface area contributed by atoms with Crippen molar-refractivity contribution in [1.29, 1.82) is 0 Å². The van der Waals surface area contributed by atoms with Gasteiger partial charge in [0, 0.05) is 12.4 Å². The number of aromatic amines is 1. The Kier molecular flexibility index (Phi) is 3.79. The fourth-order valence-corrected chi connectivity index (χ4v) is 1.67. The Labute approximate surface area is 93.5 Å². The number of aromatic nitrogens is 2. The van der Waals surface area contributed by atoms with Gasteiger partial charge in [-0.3, -0.25) is 10.1 Å². The maximum Gasteiger partial charge on any atom is 0.236 e. The summed E-state index contributed by atoms with van der Waals surface area (Å²) in [6.45, 7) is 3.79. The van der Waals surface area contributed by atoms with Crippen molar-refractivity contribution in [3.8, 4) is 0 Å². The number of anilines is 1. The second-order valence-electron chi connectivity index (χ2n) is 3.55. The summed E-state index contributed by atoms with van der Waals surface area (Å²) in [7, 11) is 0. The molecular formula is C9H14N4OS. The molecule has 0 bridgehead atoms. The van der Waals surface area contributed by atoms with E-state index >= 15 is 0 Å². The smallest absolute Gasteiger partial charge is 0.236 e. The largest absolute Gasteiger partial charge is 0.393 e. The Morgan fingerprint density at radius 3 is 2.73 bits per heavy atom. The van der Waals surface area contributed by atoms with Crippen LogP contribution in [0.4, 0.5) is 5.95 Å². The molecule has 1 atom stereocenters. The number of H-pyrrole nitrogens is 1. The summed E-state index contributed by atoms with van der Waals surface area (Å²) < 4.78 is 0. The Bertz CT molecular complexity index is 347. The van der Waals surface area contributed by atoms with Crippen LogP contribution in [0.25, 0.3) is 0 Å². The van der Waals surface area contributed by atoms with Crippen LogP contribution >= 0.6 is 12.2 Å². The third-order valence-corrected chi connectivity index (χ3v) is 2.25. The van der Waals surface area contributed by atoms with E-state index in [1.54, 1.807) is 12.4 Å². The van der Waals surface area contributed by atoms with E-state index < -0.39 is 5.92 Å². The van der Waals surface area contributed by atoms with Crippen molar-refractivity contribution in [3.63, 3.8) is 0 Å². The zero-order valence-corrected chi connectivity index (χ0v) is 9.47. The zero-order valence-electron chi connectivity index (χ0n) is 8.65. The molecule has 1 aromatic heterocycles. The average Bonchev–Trinajstić information content (AvgIpc) is 2.54. The van der Waals surface area contributed by atoms with E-state index in [1.807, 2.05) is 13.8 Å². The number of carbonyl (C=O) groups excluding carboxylic acids is 1. The summed E-state index contributed by atoms with van der Waals surface area (Å²) in [5, 5.41) is 2.61. The molecule has 1 aromatic rings. The predicted molar refractivity (Wildman–Crippen MR) is 62.3 cm³/mol. The van der Waals surface area contributed by atoms with E-state index in [9.17, 15) is 4.79 Å². The molecule has 1 rings (SSSR count). The van der Waals surface area contributed by atoms with Crippen LogP contribution in [0.5, 0.6) is 0 Å². The summed E-state index contributed by atoms with van der Waals surface area (Å²) in [6, 6.07) is 0. The lowest BCUT2D eigenvalue weighted by molar-refractivity contribution is -0.118. The first-order chi connectivity index (χ1) is 7.02. The third-order valence-electron chi connectivity index (χ3n) is 2.00. The van der Waals surface area contributed by atoms with Gasteiger partial charge in [0.15, 0.2) is 0 Å². The van der Waals surface area contributed by atoms with E-state index in [2.05, 4.69) is 15.3 Å². The lowest BCUT2D eigenvalue weighted by Crippen LogP contribution is -2.37. The molecule has 0 saturated carbocycles. The van der Waals surface area contributed by atoms with Crippen LogP contribution in [0.2, 0.25) is 0 Å². The van der Waals surface area contributed by atoms with Gasteiger partial charge in [0.05, 0.1) is 10.9 Å². The van der Waals surface area contributed by atoms with Gasteiger partial charge >= 0.3 is 0 Å². The number of hydrogen-bond donors (Lipinski definition) is 3. The van der Waals surface area contributed by atoms with Crippen molar-refractivity contribution in [2.45, 2.75) is 13.8 Å². The maximum absolute atomic E-state index is 11.8. The van der Waals surface area contributed by atoms with Gasteiger partial charge in [-0.2, -0.15) is 0 Å². The lowest BCUT2D eigenvalue weighted by atomic mass is 9.95. The van der Waals surface area contributed by atoms with Gasteiger partial charge in [0.25, 0.3) is 0 Å². The SMILES string of the molecule is CC(C)C(C(=O)Nc1ncc[nH]1)C(N)=S. The second kappa shape index (κ2) is 4.88. The monoisotopic (exact) mass is 226 g/mol. The lowest BCUT2D eigenvalue weighted by Gasteiger charge is -2.17. The van der Waals surface area contributed by atoms with Crippen LogP contribution in [-0.2, 0) is 4.79 Å². The molecule has 0 spiro atoms. The number of imidazole rings is 1. The number of nitrogens with one attached hydrogen (secondary N) is 2. The van der Waals surface area contributed by atoms with Crippen molar-refractivity contribution in [2.24, 2.45) is 17.6 Å². The quantitative estimate of drug-likeness (QED) is 0.666. The number of amides is 1. The molecule has 5 nitrogen and oxygen atoms in total. The molecule has 0 radical (unpaired) electrons. The van der Waals surface area contributed by atoms with Crippen molar-refractivity contribution in [2.75, 3.05) is 5.32 Å². The van der Waals surface area contributed by atoms with E-state index in [4.69, 9.17) is 18.0 Å². The first-order valence-corrected chi connectivity index (χ1v) is 5.02. The molecule has 1 amide bonds. The highest BCUT2D eigenvalue weighted by atomic mass is 32.1. The second-order valence-corrected chi connectivity index (χ2v) is 4.02. The van der Waals surface area contributed by atoms with Crippen molar-refractivity contribution in [3.05, 3.63) is 12.4 Å². The van der Waals surface area contributed by atoms with Gasteiger partial charge in [-0.15, -0.1) is 0 Å². The van der Waals surface area contributed by atoms with Crippen LogP contribution in [0, 0.1) is 11.8 Å². The predicted octanol–water partition coefficient (Wildman–Crippen LogP) is 0.907. The van der Waals surface area contributed by atoms with Gasteiger partial charge in [0.2, 0.25) is 11.9 Å². The van der Waals surface area contributed by atoms with E-state index in [1.165, 1.54) is 0 Å². The summed E-state index contributed by atoms with van der Waals surface area (Å²) in [4.78, 5) is 18.6. The molecular weight excluding hydrogens is 212 g/mol. The van der Waals surface area contributed by atoms with Crippen molar-refractivity contribution >= 4 is 29.1 Å². The van der Waals surface area contributed by atoms with Crippen LogP contribution in [-0.4, -0.2) is 20.9 Å². The molecule has 15 heavy (non-hydrogen) atoms. The highest BCUT2D eigenvalue weighted by Crippen LogP contribution is 2.13. The molecule has 0 aliphatic carbocycles. The van der Waals surface area contributed by atoms with Crippen LogP contribution in [0.1, 0.15) is 13.8 Å². The Morgan fingerprint density at radius 2 is 2.33 bits per heavy atom. The Morgan fingerprint density at radius 1 is 1.67 bits per heavy atom. The molecule has 0 aliphatic heterocycles. The van der Waals surface area contributed by atoms with Crippen LogP contribution in [0.3, 0.4) is 0 Å². The summed E-state index contributed by atoms with van der Waals surface area (Å²) in [5.41, 5.74) is 5.51. The van der Waals surface area contributed by atoms with E-state index in [0.717, 1.165) is 0 Å². The first-order valence-electron chi connectivity index (χ1n) is 4.62. The van der Waals surface area contributed by atoms with Gasteiger partial charge < -0.3 is 10.7 Å². The molecule has 6 heteroatoms. The molecule has 0 saturated heterocycles. The molecule has 0 aromatic carbocycles. The van der Waals surface area contributed by atoms with Crippen LogP contribution < -0.4 is 11.1 Å². The number of hydrogen-bond acceptors (Lipinski definition) is 3. The molecule has 82 valence electrons. The van der Waals surface area contributed by atoms with Gasteiger partial charge in [-0.05, 0) is 5.92 Å². The highest BCUT2D eigenvalue weighted by molar-refractivity contribution is 7.80. The number of thiocarbonyl (C=S) groups is 1. The average molecular weight is 226 g/mol. The molecule has 0 fully saturated rings. The first kappa shape index (κ1) is 11.6. The normalized spacial score (nSPS) is 12.5. The van der Waals surface area contributed by atoms with Crippen molar-refractivity contribution in [1.82, 2.24) is 9.97 Å². The maximum atomic E-state index is 11.8. The number of nitrogens with two attached hydrogens (primary N) is 1. The zero-order chi connectivity index (χ0) is 11.4. The molecule has 0 aliphatic rings. The summed E-state index contributed by atoms with van der Waals surface area (Å²) >= 11 is 4.85. The van der Waals surface area contributed by atoms with Gasteiger partial charge in [-0.25, -0.2) is 4.98 Å². The number of rotatable bonds is 4. The number of nitrogens with zero attached hydrogens (tertiary/aromatic N) is 1. The summed E-state index contributed by atoms with van der Waals surface area (Å²) in [5.74, 6) is -0.225. The fraction of sp³-hybridized carbons (Fsp3) is 0.444. The minimum Gasteiger partial charge on any atom is -0.393 e. The topological polar surface area (TPSA) is 83.8 Å². The van der Waals surface area contributed by atoms with Gasteiger partial charge in [0.1, 0.15) is 0 Å². The van der Waals surface area contributed by atoms with Gasteiger partial charge in [-0.1, -0.05) is 26.1 Å².